The maximum absolute atomic E-state index is 12.3. The summed E-state index contributed by atoms with van der Waals surface area (Å²) >= 11 is 0. The van der Waals surface area contributed by atoms with Crippen molar-refractivity contribution in [2.24, 2.45) is 7.05 Å². The number of nitrogens with one attached hydrogen (secondary N) is 1. The van der Waals surface area contributed by atoms with Gasteiger partial charge in [-0.05, 0) is 26.0 Å². The number of carbonyl (C=O) groups excluding carboxylic acids is 1. The van der Waals surface area contributed by atoms with Gasteiger partial charge in [-0.1, -0.05) is 0 Å². The van der Waals surface area contributed by atoms with Gasteiger partial charge in [-0.2, -0.15) is 5.10 Å². The quantitative estimate of drug-likeness (QED) is 0.892. The van der Waals surface area contributed by atoms with Gasteiger partial charge in [0.25, 0.3) is 15.9 Å². The molecule has 0 fully saturated rings. The summed E-state index contributed by atoms with van der Waals surface area (Å²) in [6.07, 6.45) is 2.80. The van der Waals surface area contributed by atoms with E-state index in [0.29, 0.717) is 11.4 Å². The molecule has 0 atom stereocenters. The fourth-order valence-corrected chi connectivity index (χ4v) is 3.29. The lowest BCUT2D eigenvalue weighted by Gasteiger charge is -2.07. The molecule has 20 heavy (non-hydrogen) atoms. The Kier molecular flexibility index (Phi) is 3.58. The minimum absolute atomic E-state index is 0.0252. The average Bonchev–Trinajstić information content (AvgIpc) is 2.64. The molecular formula is C12H14N4O3S. The molecule has 0 radical (unpaired) electrons. The summed E-state index contributed by atoms with van der Waals surface area (Å²) in [6.45, 7) is 3.21. The second kappa shape index (κ2) is 5.04. The number of hydrogen-bond acceptors (Lipinski definition) is 5. The van der Waals surface area contributed by atoms with E-state index >= 15 is 0 Å². The van der Waals surface area contributed by atoms with Crippen molar-refractivity contribution in [2.45, 2.75) is 18.7 Å². The molecule has 0 aliphatic heterocycles. The second-order valence-corrected chi connectivity index (χ2v) is 5.92. The van der Waals surface area contributed by atoms with Crippen LogP contribution in [-0.4, -0.2) is 29.1 Å². The second-order valence-electron chi connectivity index (χ2n) is 4.30. The van der Waals surface area contributed by atoms with Gasteiger partial charge in [-0.3, -0.25) is 14.5 Å². The number of amides is 1. The predicted molar refractivity (Wildman–Crippen MR) is 71.6 cm³/mol. The number of aromatic nitrogens is 3. The van der Waals surface area contributed by atoms with E-state index in [0.717, 1.165) is 0 Å². The largest absolute Gasteiger partial charge is 0.271 e. The topological polar surface area (TPSA) is 94.0 Å². The summed E-state index contributed by atoms with van der Waals surface area (Å²) in [6, 6.07) is 3.04. The van der Waals surface area contributed by atoms with Crippen molar-refractivity contribution >= 4 is 15.9 Å². The van der Waals surface area contributed by atoms with Gasteiger partial charge in [0.05, 0.1) is 17.0 Å². The van der Waals surface area contributed by atoms with E-state index in [-0.39, 0.29) is 10.5 Å². The van der Waals surface area contributed by atoms with Gasteiger partial charge < -0.3 is 0 Å². The molecule has 0 bridgehead atoms. The van der Waals surface area contributed by atoms with Crippen LogP contribution in [0, 0.1) is 13.8 Å². The highest BCUT2D eigenvalue weighted by atomic mass is 32.2. The lowest BCUT2D eigenvalue weighted by Crippen LogP contribution is -2.31. The Hall–Kier alpha value is -2.22. The molecule has 106 valence electrons. The SMILES string of the molecule is Cc1nn(C)c(C)c1S(=O)(=O)NC(=O)c1cccnc1. The Morgan fingerprint density at radius 2 is 2.05 bits per heavy atom. The summed E-state index contributed by atoms with van der Waals surface area (Å²) < 4.78 is 28.0. The number of hydrogen-bond donors (Lipinski definition) is 1. The van der Waals surface area contributed by atoms with E-state index in [1.807, 2.05) is 4.72 Å². The molecule has 1 N–H and O–H groups in total. The van der Waals surface area contributed by atoms with Gasteiger partial charge in [0.15, 0.2) is 0 Å². The highest BCUT2D eigenvalue weighted by Crippen LogP contribution is 2.18. The molecule has 0 spiro atoms. The Morgan fingerprint density at radius 1 is 1.35 bits per heavy atom. The van der Waals surface area contributed by atoms with Crippen LogP contribution < -0.4 is 4.72 Å². The van der Waals surface area contributed by atoms with E-state index in [1.165, 1.54) is 23.1 Å². The molecule has 2 aromatic rings. The smallest absolute Gasteiger partial charge is 0.267 e. The maximum atomic E-state index is 12.3. The first kappa shape index (κ1) is 14.2. The van der Waals surface area contributed by atoms with Crippen LogP contribution in [-0.2, 0) is 17.1 Å². The standard InChI is InChI=1S/C12H14N4O3S/c1-8-11(9(2)16(3)14-8)20(18,19)15-12(17)10-5-4-6-13-7-10/h4-7H,1-3H3,(H,15,17). The highest BCUT2D eigenvalue weighted by molar-refractivity contribution is 7.90. The Bertz CT molecular complexity index is 751. The summed E-state index contributed by atoms with van der Waals surface area (Å²) in [5.74, 6) is -0.722. The molecule has 1 amide bonds. The molecule has 7 nitrogen and oxygen atoms in total. The van der Waals surface area contributed by atoms with Crippen LogP contribution >= 0.6 is 0 Å². The fraction of sp³-hybridized carbons (Fsp3) is 0.250. The first-order chi connectivity index (χ1) is 9.33. The van der Waals surface area contributed by atoms with Crippen molar-refractivity contribution in [1.82, 2.24) is 19.5 Å². The van der Waals surface area contributed by atoms with Gasteiger partial charge in [0, 0.05) is 19.4 Å². The Labute approximate surface area is 116 Å². The molecule has 0 aliphatic carbocycles. The van der Waals surface area contributed by atoms with Crippen LogP contribution in [0.1, 0.15) is 21.7 Å². The summed E-state index contributed by atoms with van der Waals surface area (Å²) in [5.41, 5.74) is 0.987. The first-order valence-electron chi connectivity index (χ1n) is 5.80. The van der Waals surface area contributed by atoms with E-state index < -0.39 is 15.9 Å². The van der Waals surface area contributed by atoms with Crippen molar-refractivity contribution in [2.75, 3.05) is 0 Å². The molecule has 0 aromatic carbocycles. The zero-order valence-corrected chi connectivity index (χ0v) is 12.1. The van der Waals surface area contributed by atoms with E-state index in [1.54, 1.807) is 27.0 Å². The molecule has 0 saturated carbocycles. The summed E-state index contributed by atoms with van der Waals surface area (Å²) in [7, 11) is -2.32. The third-order valence-electron chi connectivity index (χ3n) is 2.86. The first-order valence-corrected chi connectivity index (χ1v) is 7.28. The van der Waals surface area contributed by atoms with E-state index in [9.17, 15) is 13.2 Å². The van der Waals surface area contributed by atoms with Gasteiger partial charge in [-0.15, -0.1) is 0 Å². The Balaban J connectivity index is 2.35. The number of sulfonamides is 1. The molecule has 2 rings (SSSR count). The molecule has 2 heterocycles. The number of rotatable bonds is 3. The molecule has 0 unspecified atom stereocenters. The fourth-order valence-electron chi connectivity index (χ4n) is 1.87. The molecule has 0 saturated heterocycles. The number of carbonyl (C=O) groups is 1. The third-order valence-corrected chi connectivity index (χ3v) is 4.44. The predicted octanol–water partition coefficient (Wildman–Crippen LogP) is 0.551. The molecular weight excluding hydrogens is 280 g/mol. The van der Waals surface area contributed by atoms with E-state index in [4.69, 9.17) is 0 Å². The highest BCUT2D eigenvalue weighted by Gasteiger charge is 2.26. The Morgan fingerprint density at radius 3 is 2.55 bits per heavy atom. The van der Waals surface area contributed by atoms with Crippen LogP contribution in [0.5, 0.6) is 0 Å². The van der Waals surface area contributed by atoms with Gasteiger partial charge in [0.1, 0.15) is 4.90 Å². The van der Waals surface area contributed by atoms with Crippen LogP contribution in [0.4, 0.5) is 0 Å². The summed E-state index contributed by atoms with van der Waals surface area (Å²) in [5, 5.41) is 4.03. The minimum atomic E-state index is -3.96. The zero-order chi connectivity index (χ0) is 14.9. The van der Waals surface area contributed by atoms with Crippen LogP contribution in [0.3, 0.4) is 0 Å². The average molecular weight is 294 g/mol. The molecule has 2 aromatic heterocycles. The lowest BCUT2D eigenvalue weighted by atomic mass is 10.3. The maximum Gasteiger partial charge on any atom is 0.267 e. The van der Waals surface area contributed by atoms with Gasteiger partial charge >= 0.3 is 0 Å². The summed E-state index contributed by atoms with van der Waals surface area (Å²) in [4.78, 5) is 15.7. The number of pyridine rings is 1. The lowest BCUT2D eigenvalue weighted by molar-refractivity contribution is 0.0981. The third kappa shape index (κ3) is 2.55. The minimum Gasteiger partial charge on any atom is -0.271 e. The molecule has 8 heteroatoms. The van der Waals surface area contributed by atoms with Crippen molar-refractivity contribution in [3.63, 3.8) is 0 Å². The van der Waals surface area contributed by atoms with Crippen LogP contribution in [0.25, 0.3) is 0 Å². The number of aryl methyl sites for hydroxylation is 2. The van der Waals surface area contributed by atoms with Gasteiger partial charge in [-0.25, -0.2) is 13.1 Å². The van der Waals surface area contributed by atoms with Crippen molar-refractivity contribution in [3.8, 4) is 0 Å². The van der Waals surface area contributed by atoms with Crippen molar-refractivity contribution in [3.05, 3.63) is 41.5 Å². The van der Waals surface area contributed by atoms with Crippen molar-refractivity contribution in [1.29, 1.82) is 0 Å². The molecule has 0 aliphatic rings. The van der Waals surface area contributed by atoms with Crippen LogP contribution in [0.2, 0.25) is 0 Å². The van der Waals surface area contributed by atoms with Crippen molar-refractivity contribution < 1.29 is 13.2 Å². The van der Waals surface area contributed by atoms with E-state index in [2.05, 4.69) is 10.1 Å². The van der Waals surface area contributed by atoms with Crippen LogP contribution in [0.15, 0.2) is 29.4 Å². The monoisotopic (exact) mass is 294 g/mol. The normalized spacial score (nSPS) is 11.3. The van der Waals surface area contributed by atoms with Gasteiger partial charge in [0.2, 0.25) is 0 Å². The zero-order valence-electron chi connectivity index (χ0n) is 11.3. The number of nitrogens with zero attached hydrogens (tertiary/aromatic N) is 3.